The molecule has 3 aromatic rings. The number of aryl methyl sites for hydroxylation is 2. The van der Waals surface area contributed by atoms with Crippen molar-refractivity contribution in [2.45, 2.75) is 26.4 Å². The van der Waals surface area contributed by atoms with Gasteiger partial charge in [0.15, 0.2) is 0 Å². The Bertz CT molecular complexity index is 851. The Hall–Kier alpha value is -2.66. The SMILES string of the molecule is Cc1ccc(C(N)C(=O)NCCn2c(C)nc3ccccc32)cc1. The van der Waals surface area contributed by atoms with Crippen LogP contribution in [0.2, 0.25) is 0 Å². The lowest BCUT2D eigenvalue weighted by molar-refractivity contribution is -0.122. The van der Waals surface area contributed by atoms with Crippen LogP contribution in [0.1, 0.15) is 23.0 Å². The third kappa shape index (κ3) is 3.31. The number of benzene rings is 2. The smallest absolute Gasteiger partial charge is 0.241 e. The fourth-order valence-corrected chi connectivity index (χ4v) is 2.80. The zero-order valence-corrected chi connectivity index (χ0v) is 14.0. The van der Waals surface area contributed by atoms with Crippen LogP contribution in [0.3, 0.4) is 0 Å². The number of rotatable bonds is 5. The van der Waals surface area contributed by atoms with E-state index in [4.69, 9.17) is 5.73 Å². The molecule has 0 saturated heterocycles. The van der Waals surface area contributed by atoms with E-state index in [1.165, 1.54) is 0 Å². The van der Waals surface area contributed by atoms with Gasteiger partial charge in [-0.05, 0) is 31.5 Å². The number of nitrogens with one attached hydrogen (secondary N) is 1. The number of hydrogen-bond donors (Lipinski definition) is 2. The van der Waals surface area contributed by atoms with E-state index in [0.717, 1.165) is 28.0 Å². The lowest BCUT2D eigenvalue weighted by Gasteiger charge is -2.14. The highest BCUT2D eigenvalue weighted by Gasteiger charge is 2.15. The van der Waals surface area contributed by atoms with Gasteiger partial charge in [-0.1, -0.05) is 42.0 Å². The molecule has 0 aliphatic rings. The van der Waals surface area contributed by atoms with Crippen molar-refractivity contribution in [3.05, 3.63) is 65.5 Å². The van der Waals surface area contributed by atoms with Crippen LogP contribution in [0.25, 0.3) is 11.0 Å². The summed E-state index contributed by atoms with van der Waals surface area (Å²) in [5, 5.41) is 2.91. The first-order valence-electron chi connectivity index (χ1n) is 8.08. The van der Waals surface area contributed by atoms with Crippen molar-refractivity contribution >= 4 is 16.9 Å². The van der Waals surface area contributed by atoms with Crippen LogP contribution in [-0.2, 0) is 11.3 Å². The molecule has 124 valence electrons. The molecule has 5 nitrogen and oxygen atoms in total. The summed E-state index contributed by atoms with van der Waals surface area (Å²) >= 11 is 0. The topological polar surface area (TPSA) is 72.9 Å². The standard InChI is InChI=1S/C19H22N4O/c1-13-7-9-15(10-8-13)18(20)19(24)21-11-12-23-14(2)22-16-5-3-4-6-17(16)23/h3-10,18H,11-12,20H2,1-2H3,(H,21,24). The molecule has 1 unspecified atom stereocenters. The van der Waals surface area contributed by atoms with Gasteiger partial charge >= 0.3 is 0 Å². The summed E-state index contributed by atoms with van der Waals surface area (Å²) in [5.74, 6) is 0.772. The maximum atomic E-state index is 12.2. The molecule has 1 atom stereocenters. The van der Waals surface area contributed by atoms with Gasteiger partial charge in [-0.2, -0.15) is 0 Å². The number of imidazole rings is 1. The fraction of sp³-hybridized carbons (Fsp3) is 0.263. The van der Waals surface area contributed by atoms with Gasteiger partial charge in [-0.15, -0.1) is 0 Å². The van der Waals surface area contributed by atoms with Crippen LogP contribution < -0.4 is 11.1 Å². The van der Waals surface area contributed by atoms with Crippen molar-refractivity contribution in [1.29, 1.82) is 0 Å². The highest BCUT2D eigenvalue weighted by molar-refractivity contribution is 5.83. The van der Waals surface area contributed by atoms with Gasteiger partial charge in [0, 0.05) is 13.1 Å². The third-order valence-corrected chi connectivity index (χ3v) is 4.20. The molecule has 24 heavy (non-hydrogen) atoms. The fourth-order valence-electron chi connectivity index (χ4n) is 2.80. The van der Waals surface area contributed by atoms with Crippen LogP contribution in [0.4, 0.5) is 0 Å². The van der Waals surface area contributed by atoms with Crippen LogP contribution >= 0.6 is 0 Å². The van der Waals surface area contributed by atoms with E-state index in [0.29, 0.717) is 13.1 Å². The lowest BCUT2D eigenvalue weighted by Crippen LogP contribution is -2.36. The van der Waals surface area contributed by atoms with Crippen molar-refractivity contribution < 1.29 is 4.79 Å². The summed E-state index contributed by atoms with van der Waals surface area (Å²) in [6.07, 6.45) is 0. The third-order valence-electron chi connectivity index (χ3n) is 4.20. The molecule has 0 saturated carbocycles. The lowest BCUT2D eigenvalue weighted by atomic mass is 10.1. The number of nitrogens with zero attached hydrogens (tertiary/aromatic N) is 2. The molecule has 3 rings (SSSR count). The number of carbonyl (C=O) groups is 1. The van der Waals surface area contributed by atoms with Gasteiger partial charge in [0.2, 0.25) is 5.91 Å². The zero-order chi connectivity index (χ0) is 17.1. The number of amides is 1. The average molecular weight is 322 g/mol. The molecule has 0 fully saturated rings. The van der Waals surface area contributed by atoms with E-state index < -0.39 is 6.04 Å². The predicted octanol–water partition coefficient (Wildman–Crippen LogP) is 2.47. The second kappa shape index (κ2) is 6.84. The van der Waals surface area contributed by atoms with Crippen molar-refractivity contribution in [2.75, 3.05) is 6.54 Å². The average Bonchev–Trinajstić information content (AvgIpc) is 2.90. The molecule has 0 radical (unpaired) electrons. The molecule has 3 N–H and O–H groups in total. The van der Waals surface area contributed by atoms with Crippen molar-refractivity contribution in [2.24, 2.45) is 5.73 Å². The molecule has 1 aromatic heterocycles. The molecule has 1 amide bonds. The molecular weight excluding hydrogens is 300 g/mol. The van der Waals surface area contributed by atoms with E-state index in [9.17, 15) is 4.79 Å². The predicted molar refractivity (Wildman–Crippen MR) is 95.6 cm³/mol. The van der Waals surface area contributed by atoms with Gasteiger partial charge in [0.25, 0.3) is 0 Å². The van der Waals surface area contributed by atoms with Gasteiger partial charge in [-0.25, -0.2) is 4.98 Å². The monoisotopic (exact) mass is 322 g/mol. The maximum Gasteiger partial charge on any atom is 0.241 e. The molecular formula is C19H22N4O. The molecule has 2 aromatic carbocycles. The Morgan fingerprint density at radius 1 is 1.17 bits per heavy atom. The normalized spacial score (nSPS) is 12.3. The largest absolute Gasteiger partial charge is 0.353 e. The molecule has 0 spiro atoms. The molecule has 0 bridgehead atoms. The number of aromatic nitrogens is 2. The van der Waals surface area contributed by atoms with Crippen molar-refractivity contribution in [3.8, 4) is 0 Å². The van der Waals surface area contributed by atoms with Gasteiger partial charge < -0.3 is 15.6 Å². The van der Waals surface area contributed by atoms with Crippen LogP contribution in [-0.4, -0.2) is 22.0 Å². The van der Waals surface area contributed by atoms with E-state index in [1.54, 1.807) is 0 Å². The van der Waals surface area contributed by atoms with Crippen molar-refractivity contribution in [3.63, 3.8) is 0 Å². The number of fused-ring (bicyclic) bond motifs is 1. The molecule has 0 aliphatic carbocycles. The molecule has 5 heteroatoms. The minimum absolute atomic E-state index is 0.166. The summed E-state index contributed by atoms with van der Waals surface area (Å²) in [6, 6.07) is 15.1. The van der Waals surface area contributed by atoms with Gasteiger partial charge in [0.05, 0.1) is 11.0 Å². The first kappa shape index (κ1) is 16.2. The first-order chi connectivity index (χ1) is 11.6. The summed E-state index contributed by atoms with van der Waals surface area (Å²) in [5.41, 5.74) is 10.1. The van der Waals surface area contributed by atoms with E-state index >= 15 is 0 Å². The summed E-state index contributed by atoms with van der Waals surface area (Å²) in [7, 11) is 0. The minimum atomic E-state index is -0.647. The van der Waals surface area contributed by atoms with Gasteiger partial charge in [0.1, 0.15) is 11.9 Å². The number of nitrogens with two attached hydrogens (primary N) is 1. The van der Waals surface area contributed by atoms with Crippen LogP contribution in [0.5, 0.6) is 0 Å². The zero-order valence-electron chi connectivity index (χ0n) is 14.0. The Balaban J connectivity index is 1.62. The van der Waals surface area contributed by atoms with E-state index in [-0.39, 0.29) is 5.91 Å². The summed E-state index contributed by atoms with van der Waals surface area (Å²) in [4.78, 5) is 16.8. The molecule has 0 aliphatic heterocycles. The second-order valence-corrected chi connectivity index (χ2v) is 5.98. The summed E-state index contributed by atoms with van der Waals surface area (Å²) in [6.45, 7) is 5.16. The van der Waals surface area contributed by atoms with E-state index in [1.807, 2.05) is 62.4 Å². The number of carbonyl (C=O) groups excluding carboxylic acids is 1. The molecule has 1 heterocycles. The first-order valence-corrected chi connectivity index (χ1v) is 8.08. The quantitative estimate of drug-likeness (QED) is 0.758. The Labute approximate surface area is 141 Å². The maximum absolute atomic E-state index is 12.2. The highest BCUT2D eigenvalue weighted by Crippen LogP contribution is 2.15. The number of para-hydroxylation sites is 2. The van der Waals surface area contributed by atoms with Crippen molar-refractivity contribution in [1.82, 2.24) is 14.9 Å². The summed E-state index contributed by atoms with van der Waals surface area (Å²) < 4.78 is 2.10. The Morgan fingerprint density at radius 2 is 1.88 bits per heavy atom. The van der Waals surface area contributed by atoms with Crippen LogP contribution in [0.15, 0.2) is 48.5 Å². The van der Waals surface area contributed by atoms with Gasteiger partial charge in [-0.3, -0.25) is 4.79 Å². The Morgan fingerprint density at radius 3 is 2.62 bits per heavy atom. The minimum Gasteiger partial charge on any atom is -0.353 e. The second-order valence-electron chi connectivity index (χ2n) is 5.98. The highest BCUT2D eigenvalue weighted by atomic mass is 16.2. The Kier molecular flexibility index (Phi) is 4.62. The van der Waals surface area contributed by atoms with Crippen LogP contribution in [0, 0.1) is 13.8 Å². The van der Waals surface area contributed by atoms with E-state index in [2.05, 4.69) is 14.9 Å². The number of hydrogen-bond acceptors (Lipinski definition) is 3.